The zero-order valence-corrected chi connectivity index (χ0v) is 18.6. The SMILES string of the molecule is COc1cc2c(c(OC)c1)C(c1ccc(N(C)C)cc1)C1=C(CC(C)(C)CC1=O)N2. The third-order valence-corrected chi connectivity index (χ3v) is 6.10. The van der Waals surface area contributed by atoms with E-state index >= 15 is 0 Å². The molecule has 1 unspecified atom stereocenters. The number of hydrogen-bond acceptors (Lipinski definition) is 5. The van der Waals surface area contributed by atoms with Gasteiger partial charge in [0.1, 0.15) is 11.5 Å². The Morgan fingerprint density at radius 3 is 2.33 bits per heavy atom. The molecule has 0 bridgehead atoms. The van der Waals surface area contributed by atoms with Crippen LogP contribution in [-0.4, -0.2) is 34.1 Å². The largest absolute Gasteiger partial charge is 0.497 e. The summed E-state index contributed by atoms with van der Waals surface area (Å²) in [6.07, 6.45) is 1.38. The van der Waals surface area contributed by atoms with Gasteiger partial charge in [-0.25, -0.2) is 0 Å². The van der Waals surface area contributed by atoms with E-state index in [1.54, 1.807) is 14.2 Å². The molecule has 0 fully saturated rings. The van der Waals surface area contributed by atoms with E-state index in [0.29, 0.717) is 6.42 Å². The molecule has 0 amide bonds. The van der Waals surface area contributed by atoms with Crippen molar-refractivity contribution in [2.75, 3.05) is 38.5 Å². The summed E-state index contributed by atoms with van der Waals surface area (Å²) in [6, 6.07) is 12.3. The Kier molecular flexibility index (Phi) is 5.00. The standard InChI is InChI=1S/C25H30N2O3/c1-25(2)13-19-23(20(28)14-25)22(15-7-9-16(10-8-15)27(3)4)24-18(26-19)11-17(29-5)12-21(24)30-6/h7-12,22,26H,13-14H2,1-6H3. The highest BCUT2D eigenvalue weighted by atomic mass is 16.5. The number of nitrogens with one attached hydrogen (secondary N) is 1. The minimum atomic E-state index is -0.170. The molecule has 2 aromatic rings. The number of ether oxygens (including phenoxy) is 2. The van der Waals surface area contributed by atoms with Gasteiger partial charge in [0.15, 0.2) is 5.78 Å². The zero-order chi connectivity index (χ0) is 21.6. The minimum Gasteiger partial charge on any atom is -0.497 e. The van der Waals surface area contributed by atoms with Gasteiger partial charge in [-0.3, -0.25) is 4.79 Å². The first-order valence-electron chi connectivity index (χ1n) is 10.3. The average Bonchev–Trinajstić information content (AvgIpc) is 2.70. The molecule has 2 aliphatic rings. The van der Waals surface area contributed by atoms with Crippen molar-refractivity contribution in [2.45, 2.75) is 32.6 Å². The van der Waals surface area contributed by atoms with Crippen LogP contribution in [0.1, 0.15) is 43.7 Å². The van der Waals surface area contributed by atoms with E-state index in [4.69, 9.17) is 9.47 Å². The van der Waals surface area contributed by atoms with Crippen LogP contribution in [0.3, 0.4) is 0 Å². The molecular weight excluding hydrogens is 376 g/mol. The fourth-order valence-corrected chi connectivity index (χ4v) is 4.68. The number of anilines is 2. The molecule has 1 atom stereocenters. The highest BCUT2D eigenvalue weighted by molar-refractivity contribution is 6.02. The predicted molar refractivity (Wildman–Crippen MR) is 121 cm³/mol. The van der Waals surface area contributed by atoms with Gasteiger partial charge >= 0.3 is 0 Å². The van der Waals surface area contributed by atoms with Crippen LogP contribution in [0.5, 0.6) is 11.5 Å². The van der Waals surface area contributed by atoms with Gasteiger partial charge in [-0.05, 0) is 29.5 Å². The van der Waals surface area contributed by atoms with Crippen molar-refractivity contribution in [1.29, 1.82) is 0 Å². The lowest BCUT2D eigenvalue weighted by Gasteiger charge is -2.40. The number of nitrogens with zero attached hydrogens (tertiary/aromatic N) is 1. The van der Waals surface area contributed by atoms with E-state index in [1.165, 1.54) is 0 Å². The van der Waals surface area contributed by atoms with Crippen LogP contribution in [0.15, 0.2) is 47.7 Å². The zero-order valence-electron chi connectivity index (χ0n) is 18.6. The van der Waals surface area contributed by atoms with Gasteiger partial charge in [-0.15, -0.1) is 0 Å². The van der Waals surface area contributed by atoms with E-state index in [0.717, 1.165) is 51.7 Å². The highest BCUT2D eigenvalue weighted by Gasteiger charge is 2.42. The number of rotatable bonds is 4. The lowest BCUT2D eigenvalue weighted by atomic mass is 9.68. The number of methoxy groups -OCH3 is 2. The number of hydrogen-bond donors (Lipinski definition) is 1. The first kappa shape index (κ1) is 20.3. The molecule has 1 heterocycles. The van der Waals surface area contributed by atoms with Crippen molar-refractivity contribution in [3.8, 4) is 11.5 Å². The van der Waals surface area contributed by atoms with E-state index < -0.39 is 0 Å². The molecule has 4 rings (SSSR count). The summed E-state index contributed by atoms with van der Waals surface area (Å²) >= 11 is 0. The molecular formula is C25H30N2O3. The molecule has 0 saturated carbocycles. The molecule has 1 aliphatic carbocycles. The van der Waals surface area contributed by atoms with E-state index in [9.17, 15) is 4.79 Å². The predicted octanol–water partition coefficient (Wildman–Crippen LogP) is 4.97. The molecule has 0 spiro atoms. The third kappa shape index (κ3) is 3.42. The lowest BCUT2D eigenvalue weighted by Crippen LogP contribution is -2.34. The summed E-state index contributed by atoms with van der Waals surface area (Å²) in [5, 5.41) is 3.55. The topological polar surface area (TPSA) is 50.8 Å². The van der Waals surface area contributed by atoms with Crippen LogP contribution >= 0.6 is 0 Å². The van der Waals surface area contributed by atoms with Crippen LogP contribution in [0.25, 0.3) is 0 Å². The molecule has 1 N–H and O–H groups in total. The Morgan fingerprint density at radius 1 is 1.03 bits per heavy atom. The Balaban J connectivity index is 1.94. The fraction of sp³-hybridized carbons (Fsp3) is 0.400. The Morgan fingerprint density at radius 2 is 1.73 bits per heavy atom. The van der Waals surface area contributed by atoms with Crippen molar-refractivity contribution in [3.63, 3.8) is 0 Å². The van der Waals surface area contributed by atoms with Crippen LogP contribution in [0.2, 0.25) is 0 Å². The van der Waals surface area contributed by atoms with Gasteiger partial charge in [0, 0.05) is 66.8 Å². The molecule has 5 heteroatoms. The second kappa shape index (κ2) is 7.38. The number of carbonyl (C=O) groups is 1. The van der Waals surface area contributed by atoms with Gasteiger partial charge in [0.2, 0.25) is 0 Å². The average molecular weight is 407 g/mol. The summed E-state index contributed by atoms with van der Waals surface area (Å²) in [4.78, 5) is 15.4. The van der Waals surface area contributed by atoms with Crippen LogP contribution in [0.4, 0.5) is 11.4 Å². The molecule has 2 aromatic carbocycles. The van der Waals surface area contributed by atoms with Gasteiger partial charge in [-0.1, -0.05) is 26.0 Å². The maximum atomic E-state index is 13.4. The van der Waals surface area contributed by atoms with Crippen LogP contribution < -0.4 is 19.7 Å². The molecule has 0 saturated heterocycles. The van der Waals surface area contributed by atoms with Crippen LogP contribution in [0, 0.1) is 5.41 Å². The maximum Gasteiger partial charge on any atom is 0.162 e. The Bertz CT molecular complexity index is 1020. The fourth-order valence-electron chi connectivity index (χ4n) is 4.68. The normalized spacial score (nSPS) is 19.5. The van der Waals surface area contributed by atoms with Crippen LogP contribution in [-0.2, 0) is 4.79 Å². The van der Waals surface area contributed by atoms with Gasteiger partial charge in [-0.2, -0.15) is 0 Å². The number of Topliss-reactive ketones (excluding diaryl/α,β-unsaturated/α-hetero) is 1. The Labute approximate surface area is 178 Å². The van der Waals surface area contributed by atoms with Gasteiger partial charge < -0.3 is 19.7 Å². The quantitative estimate of drug-likeness (QED) is 0.777. The lowest BCUT2D eigenvalue weighted by molar-refractivity contribution is -0.118. The van der Waals surface area contributed by atoms with Crippen molar-refractivity contribution in [2.24, 2.45) is 5.41 Å². The van der Waals surface area contributed by atoms with Gasteiger partial charge in [0.25, 0.3) is 0 Å². The summed E-state index contributed by atoms with van der Waals surface area (Å²) in [6.45, 7) is 4.30. The van der Waals surface area contributed by atoms with Crippen molar-refractivity contribution in [1.82, 2.24) is 0 Å². The van der Waals surface area contributed by atoms with Crippen molar-refractivity contribution >= 4 is 17.2 Å². The summed E-state index contributed by atoms with van der Waals surface area (Å²) in [5.41, 5.74) is 5.96. The maximum absolute atomic E-state index is 13.4. The molecule has 1 aliphatic heterocycles. The number of fused-ring (bicyclic) bond motifs is 1. The summed E-state index contributed by atoms with van der Waals surface area (Å²) < 4.78 is 11.3. The number of ketones is 1. The number of benzene rings is 2. The van der Waals surface area contributed by atoms with E-state index in [1.807, 2.05) is 26.2 Å². The van der Waals surface area contributed by atoms with E-state index in [-0.39, 0.29) is 17.1 Å². The molecule has 30 heavy (non-hydrogen) atoms. The monoisotopic (exact) mass is 406 g/mol. The summed E-state index contributed by atoms with van der Waals surface area (Å²) in [5.74, 6) is 1.49. The molecule has 5 nitrogen and oxygen atoms in total. The first-order chi connectivity index (χ1) is 14.2. The van der Waals surface area contributed by atoms with Crippen molar-refractivity contribution in [3.05, 3.63) is 58.8 Å². The first-order valence-corrected chi connectivity index (χ1v) is 10.3. The molecule has 0 aromatic heterocycles. The second-order valence-electron chi connectivity index (χ2n) is 9.17. The molecule has 0 radical (unpaired) electrons. The highest BCUT2D eigenvalue weighted by Crippen LogP contribution is 2.52. The Hall–Kier alpha value is -2.95. The summed E-state index contributed by atoms with van der Waals surface area (Å²) in [7, 11) is 7.37. The van der Waals surface area contributed by atoms with Gasteiger partial charge in [0.05, 0.1) is 14.2 Å². The number of allylic oxidation sites excluding steroid dienone is 2. The second-order valence-corrected chi connectivity index (χ2v) is 9.17. The smallest absolute Gasteiger partial charge is 0.162 e. The van der Waals surface area contributed by atoms with E-state index in [2.05, 4.69) is 48.3 Å². The van der Waals surface area contributed by atoms with Crippen molar-refractivity contribution < 1.29 is 14.3 Å². The number of carbonyl (C=O) groups excluding carboxylic acids is 1. The third-order valence-electron chi connectivity index (χ3n) is 6.10. The minimum absolute atomic E-state index is 0.0668. The molecule has 158 valence electrons.